The third-order valence-electron chi connectivity index (χ3n) is 3.48. The number of aromatic nitrogens is 1. The summed E-state index contributed by atoms with van der Waals surface area (Å²) in [4.78, 5) is 15.2. The molecule has 1 aromatic rings. The van der Waals surface area contributed by atoms with Crippen molar-refractivity contribution in [2.75, 3.05) is 11.9 Å². The van der Waals surface area contributed by atoms with Gasteiger partial charge in [0.2, 0.25) is 0 Å². The molecule has 0 fully saturated rings. The van der Waals surface area contributed by atoms with E-state index < -0.39 is 5.91 Å². The van der Waals surface area contributed by atoms with Crippen molar-refractivity contribution >= 4 is 11.6 Å². The predicted molar refractivity (Wildman–Crippen MR) is 77.0 cm³/mol. The van der Waals surface area contributed by atoms with Gasteiger partial charge in [-0.2, -0.15) is 0 Å². The summed E-state index contributed by atoms with van der Waals surface area (Å²) in [5, 5.41) is 3.28. The molecule has 1 aliphatic carbocycles. The molecule has 0 saturated carbocycles. The molecule has 102 valence electrons. The molecule has 0 bridgehead atoms. The summed E-state index contributed by atoms with van der Waals surface area (Å²) in [6.07, 6.45) is 12.9. The molecule has 0 aliphatic heterocycles. The van der Waals surface area contributed by atoms with Crippen LogP contribution in [0.2, 0.25) is 0 Å². The predicted octanol–water partition coefficient (Wildman–Crippen LogP) is 2.87. The number of carbonyl (C=O) groups is 1. The van der Waals surface area contributed by atoms with E-state index in [1.165, 1.54) is 43.9 Å². The first-order chi connectivity index (χ1) is 9.27. The second-order valence-electron chi connectivity index (χ2n) is 4.92. The van der Waals surface area contributed by atoms with Gasteiger partial charge in [-0.05, 0) is 38.2 Å². The Bertz CT molecular complexity index is 468. The minimum atomic E-state index is -0.440. The molecule has 4 heteroatoms. The lowest BCUT2D eigenvalue weighted by Crippen LogP contribution is -2.15. The average Bonchev–Trinajstić information content (AvgIpc) is 2.68. The molecule has 1 aliphatic rings. The van der Waals surface area contributed by atoms with E-state index in [0.29, 0.717) is 5.56 Å². The highest BCUT2D eigenvalue weighted by molar-refractivity contribution is 5.98. The first-order valence-electron chi connectivity index (χ1n) is 6.93. The molecule has 0 aromatic carbocycles. The van der Waals surface area contributed by atoms with E-state index in [0.717, 1.165) is 18.7 Å². The van der Waals surface area contributed by atoms with Crippen molar-refractivity contribution in [3.63, 3.8) is 0 Å². The molecular weight excluding hydrogens is 238 g/mol. The molecule has 1 aromatic heterocycles. The van der Waals surface area contributed by atoms with Crippen molar-refractivity contribution in [3.05, 3.63) is 35.7 Å². The number of pyridine rings is 1. The van der Waals surface area contributed by atoms with E-state index in [9.17, 15) is 4.79 Å². The van der Waals surface area contributed by atoms with Gasteiger partial charge in [0.25, 0.3) is 5.91 Å². The molecule has 2 rings (SSSR count). The third-order valence-corrected chi connectivity index (χ3v) is 3.48. The highest BCUT2D eigenvalue weighted by Gasteiger charge is 2.08. The van der Waals surface area contributed by atoms with Gasteiger partial charge in [0.1, 0.15) is 0 Å². The summed E-state index contributed by atoms with van der Waals surface area (Å²) in [7, 11) is 0. The SMILES string of the molecule is NC(=O)c1cnccc1NCCC1=CCCCCC1. The lowest BCUT2D eigenvalue weighted by atomic mass is 10.1. The molecule has 3 N–H and O–H groups in total. The topological polar surface area (TPSA) is 68.0 Å². The molecule has 0 radical (unpaired) electrons. The summed E-state index contributed by atoms with van der Waals surface area (Å²) in [6.45, 7) is 0.829. The Kier molecular flexibility index (Phi) is 4.95. The van der Waals surface area contributed by atoms with Gasteiger partial charge in [-0.25, -0.2) is 0 Å². The van der Waals surface area contributed by atoms with Gasteiger partial charge < -0.3 is 11.1 Å². The van der Waals surface area contributed by atoms with Crippen molar-refractivity contribution in [1.29, 1.82) is 0 Å². The van der Waals surface area contributed by atoms with Crippen molar-refractivity contribution in [3.8, 4) is 0 Å². The number of amides is 1. The molecule has 19 heavy (non-hydrogen) atoms. The minimum Gasteiger partial charge on any atom is -0.384 e. The first kappa shape index (κ1) is 13.6. The summed E-state index contributed by atoms with van der Waals surface area (Å²) in [6, 6.07) is 1.79. The number of carbonyl (C=O) groups excluding carboxylic acids is 1. The lowest BCUT2D eigenvalue weighted by Gasteiger charge is -2.10. The number of nitrogens with one attached hydrogen (secondary N) is 1. The molecular formula is C15H21N3O. The molecule has 0 atom stereocenters. The smallest absolute Gasteiger partial charge is 0.252 e. The van der Waals surface area contributed by atoms with Crippen LogP contribution in [0.25, 0.3) is 0 Å². The summed E-state index contributed by atoms with van der Waals surface area (Å²) < 4.78 is 0. The number of primary amides is 1. The van der Waals surface area contributed by atoms with Crippen LogP contribution in [0.4, 0.5) is 5.69 Å². The number of hydrogen-bond acceptors (Lipinski definition) is 3. The van der Waals surface area contributed by atoms with Crippen molar-refractivity contribution in [2.24, 2.45) is 5.73 Å². The van der Waals surface area contributed by atoms with Crippen molar-refractivity contribution < 1.29 is 4.79 Å². The molecule has 4 nitrogen and oxygen atoms in total. The number of hydrogen-bond donors (Lipinski definition) is 2. The molecule has 0 unspecified atom stereocenters. The van der Waals surface area contributed by atoms with Crippen LogP contribution >= 0.6 is 0 Å². The largest absolute Gasteiger partial charge is 0.384 e. The Morgan fingerprint density at radius 1 is 1.37 bits per heavy atom. The number of allylic oxidation sites excluding steroid dienone is 1. The zero-order chi connectivity index (χ0) is 13.5. The maximum atomic E-state index is 11.3. The van der Waals surface area contributed by atoms with E-state index in [4.69, 9.17) is 5.73 Å². The highest BCUT2D eigenvalue weighted by atomic mass is 16.1. The fraction of sp³-hybridized carbons (Fsp3) is 0.467. The average molecular weight is 259 g/mol. The first-order valence-corrected chi connectivity index (χ1v) is 6.93. The highest BCUT2D eigenvalue weighted by Crippen LogP contribution is 2.20. The van der Waals surface area contributed by atoms with E-state index in [1.807, 2.05) is 0 Å². The van der Waals surface area contributed by atoms with Gasteiger partial charge in [-0.1, -0.05) is 18.1 Å². The zero-order valence-electron chi connectivity index (χ0n) is 11.2. The standard InChI is InChI=1S/C15H21N3O/c16-15(19)13-11-17-9-8-14(13)18-10-7-12-5-3-1-2-4-6-12/h5,8-9,11H,1-4,6-7,10H2,(H2,16,19)(H,17,18). The molecule has 1 heterocycles. The second kappa shape index (κ2) is 6.92. The Morgan fingerprint density at radius 2 is 2.26 bits per heavy atom. The van der Waals surface area contributed by atoms with Crippen LogP contribution in [0, 0.1) is 0 Å². The molecule has 1 amide bonds. The normalized spacial score (nSPS) is 15.5. The number of nitrogens with two attached hydrogens (primary N) is 1. The van der Waals surface area contributed by atoms with E-state index in [-0.39, 0.29) is 0 Å². The quantitative estimate of drug-likeness (QED) is 0.799. The molecule has 0 saturated heterocycles. The number of rotatable bonds is 5. The van der Waals surface area contributed by atoms with Gasteiger partial charge >= 0.3 is 0 Å². The third kappa shape index (κ3) is 4.09. The van der Waals surface area contributed by atoms with Gasteiger partial charge in [0, 0.05) is 18.9 Å². The summed E-state index contributed by atoms with van der Waals surface area (Å²) in [5.41, 5.74) is 8.08. The fourth-order valence-corrected chi connectivity index (χ4v) is 2.41. The Morgan fingerprint density at radius 3 is 3.11 bits per heavy atom. The lowest BCUT2D eigenvalue weighted by molar-refractivity contribution is 0.100. The number of nitrogens with zero attached hydrogens (tertiary/aromatic N) is 1. The van der Waals surface area contributed by atoms with E-state index in [2.05, 4.69) is 16.4 Å². The van der Waals surface area contributed by atoms with Crippen LogP contribution in [0.3, 0.4) is 0 Å². The Hall–Kier alpha value is -1.84. The molecule has 0 spiro atoms. The van der Waals surface area contributed by atoms with Gasteiger partial charge in [0.05, 0.1) is 11.3 Å². The van der Waals surface area contributed by atoms with Gasteiger partial charge in [-0.3, -0.25) is 9.78 Å². The van der Waals surface area contributed by atoms with Crippen molar-refractivity contribution in [2.45, 2.75) is 38.5 Å². The van der Waals surface area contributed by atoms with Gasteiger partial charge in [-0.15, -0.1) is 0 Å². The van der Waals surface area contributed by atoms with Crippen LogP contribution in [-0.4, -0.2) is 17.4 Å². The van der Waals surface area contributed by atoms with E-state index >= 15 is 0 Å². The number of anilines is 1. The van der Waals surface area contributed by atoms with Gasteiger partial charge in [0.15, 0.2) is 0 Å². The maximum Gasteiger partial charge on any atom is 0.252 e. The Labute approximate surface area is 114 Å². The van der Waals surface area contributed by atoms with Crippen LogP contribution in [0.15, 0.2) is 30.1 Å². The minimum absolute atomic E-state index is 0.440. The van der Waals surface area contributed by atoms with Crippen LogP contribution in [0.5, 0.6) is 0 Å². The monoisotopic (exact) mass is 259 g/mol. The van der Waals surface area contributed by atoms with Crippen LogP contribution < -0.4 is 11.1 Å². The maximum absolute atomic E-state index is 11.3. The Balaban J connectivity index is 1.88. The fourth-order valence-electron chi connectivity index (χ4n) is 2.41. The summed E-state index contributed by atoms with van der Waals surface area (Å²) >= 11 is 0. The second-order valence-corrected chi connectivity index (χ2v) is 4.92. The van der Waals surface area contributed by atoms with Crippen LogP contribution in [-0.2, 0) is 0 Å². The van der Waals surface area contributed by atoms with Crippen LogP contribution in [0.1, 0.15) is 48.9 Å². The van der Waals surface area contributed by atoms with E-state index in [1.54, 1.807) is 12.3 Å². The summed E-state index contributed by atoms with van der Waals surface area (Å²) in [5.74, 6) is -0.440. The zero-order valence-corrected chi connectivity index (χ0v) is 11.2. The van der Waals surface area contributed by atoms with Crippen molar-refractivity contribution in [1.82, 2.24) is 4.98 Å².